The first-order valence-corrected chi connectivity index (χ1v) is 9.82. The zero-order valence-electron chi connectivity index (χ0n) is 17.3. The Hall–Kier alpha value is -3.92. The van der Waals surface area contributed by atoms with E-state index in [0.717, 1.165) is 18.8 Å². The van der Waals surface area contributed by atoms with Crippen molar-refractivity contribution in [2.24, 2.45) is 10.2 Å². The first-order chi connectivity index (χ1) is 14.6. The molecule has 0 aliphatic rings. The van der Waals surface area contributed by atoms with E-state index in [-0.39, 0.29) is 16.7 Å². The molecule has 1 aromatic heterocycles. The number of nitrogens with one attached hydrogen (secondary N) is 1. The van der Waals surface area contributed by atoms with E-state index in [1.54, 1.807) is 6.92 Å². The number of rotatable bonds is 7. The Morgan fingerprint density at radius 1 is 1.13 bits per heavy atom. The second kappa shape index (κ2) is 9.52. The van der Waals surface area contributed by atoms with Crippen LogP contribution in [0.1, 0.15) is 25.1 Å². The van der Waals surface area contributed by atoms with Gasteiger partial charge in [0.15, 0.2) is 0 Å². The Bertz CT molecular complexity index is 1140. The van der Waals surface area contributed by atoms with E-state index in [4.69, 9.17) is 0 Å². The van der Waals surface area contributed by atoms with Crippen molar-refractivity contribution >= 4 is 16.9 Å². The molecule has 0 bridgehead atoms. The van der Waals surface area contributed by atoms with Gasteiger partial charge in [0.1, 0.15) is 6.07 Å². The van der Waals surface area contributed by atoms with Crippen LogP contribution in [-0.4, -0.2) is 22.9 Å². The first kappa shape index (κ1) is 20.8. The zero-order chi connectivity index (χ0) is 21.5. The minimum atomic E-state index is -0.301. The van der Waals surface area contributed by atoms with Crippen LogP contribution in [-0.2, 0) is 0 Å². The summed E-state index contributed by atoms with van der Waals surface area (Å²) in [6.07, 6.45) is 1.32. The van der Waals surface area contributed by atoms with E-state index in [1.807, 2.05) is 54.6 Å². The van der Waals surface area contributed by atoms with Gasteiger partial charge in [-0.05, 0) is 57.2 Å². The fourth-order valence-corrected chi connectivity index (χ4v) is 3.24. The smallest absolute Gasteiger partial charge is 0.280 e. The normalized spacial score (nSPS) is 11.6. The Morgan fingerprint density at radius 2 is 1.80 bits per heavy atom. The number of aromatic nitrogens is 2. The Balaban J connectivity index is 1.86. The summed E-state index contributed by atoms with van der Waals surface area (Å²) >= 11 is 0. The van der Waals surface area contributed by atoms with E-state index in [1.165, 1.54) is 10.9 Å². The quantitative estimate of drug-likeness (QED) is 0.448. The molecule has 0 aliphatic heterocycles. The van der Waals surface area contributed by atoms with Crippen molar-refractivity contribution in [3.63, 3.8) is 0 Å². The number of hydrogen-bond donors (Lipinski definition) is 1. The lowest BCUT2D eigenvalue weighted by atomic mass is 10.1. The van der Waals surface area contributed by atoms with Crippen molar-refractivity contribution in [2.75, 3.05) is 18.0 Å². The molecule has 0 atom stereocenters. The van der Waals surface area contributed by atoms with Gasteiger partial charge in [0, 0.05) is 24.5 Å². The topological polar surface area (TPSA) is 89.5 Å². The van der Waals surface area contributed by atoms with E-state index < -0.39 is 0 Å². The second-order valence-electron chi connectivity index (χ2n) is 6.65. The van der Waals surface area contributed by atoms with Gasteiger partial charge >= 0.3 is 0 Å². The predicted octanol–water partition coefficient (Wildman–Crippen LogP) is 4.97. The zero-order valence-corrected chi connectivity index (χ0v) is 17.3. The van der Waals surface area contributed by atoms with Crippen molar-refractivity contribution in [1.82, 2.24) is 9.78 Å². The molecule has 1 heterocycles. The highest BCUT2D eigenvalue weighted by molar-refractivity contribution is 5.77. The molecule has 0 spiro atoms. The number of anilines is 1. The molecule has 0 saturated carbocycles. The summed E-state index contributed by atoms with van der Waals surface area (Å²) in [6, 6.07) is 19.0. The van der Waals surface area contributed by atoms with Crippen LogP contribution in [0.5, 0.6) is 0 Å². The molecule has 2 aromatic carbocycles. The van der Waals surface area contributed by atoms with Gasteiger partial charge in [0.05, 0.1) is 28.7 Å². The van der Waals surface area contributed by atoms with E-state index in [0.29, 0.717) is 17.1 Å². The molecule has 0 unspecified atom stereocenters. The third kappa shape index (κ3) is 4.39. The van der Waals surface area contributed by atoms with E-state index in [9.17, 15) is 10.1 Å². The van der Waals surface area contributed by atoms with Crippen LogP contribution in [0.3, 0.4) is 0 Å². The third-order valence-electron chi connectivity index (χ3n) is 4.81. The summed E-state index contributed by atoms with van der Waals surface area (Å²) < 4.78 is 1.42. The van der Waals surface area contributed by atoms with Gasteiger partial charge in [-0.1, -0.05) is 18.2 Å². The predicted molar refractivity (Wildman–Crippen MR) is 119 cm³/mol. The number of nitrogens with zero attached hydrogens (tertiary/aromatic N) is 5. The number of benzene rings is 2. The van der Waals surface area contributed by atoms with E-state index in [2.05, 4.69) is 40.1 Å². The minimum Gasteiger partial charge on any atom is -0.372 e. The Kier molecular flexibility index (Phi) is 6.60. The van der Waals surface area contributed by atoms with Crippen LogP contribution in [0.25, 0.3) is 11.3 Å². The monoisotopic (exact) mass is 400 g/mol. The SMILES string of the molecule is CCN(CC)c1ccc(N=N/C=C(\C#N)c2c(C)[nH]n(-c3ccccc3)c2=O)cc1. The molecule has 0 saturated heterocycles. The van der Waals surface area contributed by atoms with Gasteiger partial charge < -0.3 is 4.90 Å². The van der Waals surface area contributed by atoms with Crippen molar-refractivity contribution in [3.05, 3.63) is 82.4 Å². The van der Waals surface area contributed by atoms with Crippen LogP contribution < -0.4 is 10.5 Å². The lowest BCUT2D eigenvalue weighted by Crippen LogP contribution is -2.21. The van der Waals surface area contributed by atoms with Crippen LogP contribution in [0, 0.1) is 18.3 Å². The van der Waals surface area contributed by atoms with Crippen LogP contribution in [0.15, 0.2) is 75.8 Å². The highest BCUT2D eigenvalue weighted by atomic mass is 16.1. The van der Waals surface area contributed by atoms with Crippen molar-refractivity contribution in [3.8, 4) is 11.8 Å². The summed E-state index contributed by atoms with van der Waals surface area (Å²) in [5, 5.41) is 20.8. The van der Waals surface area contributed by atoms with Crippen molar-refractivity contribution < 1.29 is 0 Å². The van der Waals surface area contributed by atoms with Gasteiger partial charge in [0.2, 0.25) is 0 Å². The summed E-state index contributed by atoms with van der Waals surface area (Å²) in [5.74, 6) is 0. The molecule has 3 rings (SSSR count). The number of aryl methyl sites for hydroxylation is 1. The van der Waals surface area contributed by atoms with Crippen molar-refractivity contribution in [2.45, 2.75) is 20.8 Å². The first-order valence-electron chi connectivity index (χ1n) is 9.82. The summed E-state index contributed by atoms with van der Waals surface area (Å²) in [4.78, 5) is 15.1. The Labute approximate surface area is 175 Å². The van der Waals surface area contributed by atoms with Crippen LogP contribution in [0.4, 0.5) is 11.4 Å². The number of azo groups is 1. The minimum absolute atomic E-state index is 0.159. The highest BCUT2D eigenvalue weighted by Crippen LogP contribution is 2.21. The second-order valence-corrected chi connectivity index (χ2v) is 6.65. The molecule has 30 heavy (non-hydrogen) atoms. The van der Waals surface area contributed by atoms with E-state index >= 15 is 0 Å². The molecule has 7 heteroatoms. The largest absolute Gasteiger partial charge is 0.372 e. The van der Waals surface area contributed by atoms with Crippen molar-refractivity contribution in [1.29, 1.82) is 5.26 Å². The fraction of sp³-hybridized carbons (Fsp3) is 0.217. The maximum absolute atomic E-state index is 12.8. The van der Waals surface area contributed by atoms with Crippen LogP contribution in [0.2, 0.25) is 0 Å². The average Bonchev–Trinajstić information content (AvgIpc) is 3.08. The maximum atomic E-state index is 12.8. The Morgan fingerprint density at radius 3 is 2.40 bits per heavy atom. The highest BCUT2D eigenvalue weighted by Gasteiger charge is 2.16. The summed E-state index contributed by atoms with van der Waals surface area (Å²) in [5.41, 5.74) is 3.23. The number of aromatic amines is 1. The molecule has 0 amide bonds. The maximum Gasteiger partial charge on any atom is 0.280 e. The van der Waals surface area contributed by atoms with Gasteiger partial charge in [-0.25, -0.2) is 4.68 Å². The third-order valence-corrected chi connectivity index (χ3v) is 4.81. The molecule has 1 N–H and O–H groups in total. The van der Waals surface area contributed by atoms with Gasteiger partial charge in [-0.15, -0.1) is 0 Å². The van der Waals surface area contributed by atoms with Gasteiger partial charge in [-0.2, -0.15) is 15.5 Å². The molecular formula is C23H24N6O. The van der Waals surface area contributed by atoms with Crippen LogP contribution >= 0.6 is 0 Å². The molecule has 7 nitrogen and oxygen atoms in total. The standard InChI is InChI=1S/C23H24N6O/c1-4-28(5-2)20-13-11-19(12-14-20)26-25-16-18(15-24)22-17(3)27-29(23(22)30)21-9-7-6-8-10-21/h6-14,16,27H,4-5H2,1-3H3/b18-16+,26-25?. The number of allylic oxidation sites excluding steroid dienone is 1. The molecule has 3 aromatic rings. The number of hydrogen-bond acceptors (Lipinski definition) is 5. The average molecular weight is 400 g/mol. The lowest BCUT2D eigenvalue weighted by molar-refractivity contribution is 0.835. The lowest BCUT2D eigenvalue weighted by Gasteiger charge is -2.20. The van der Waals surface area contributed by atoms with Gasteiger partial charge in [0.25, 0.3) is 5.56 Å². The molecule has 152 valence electrons. The summed E-state index contributed by atoms with van der Waals surface area (Å²) in [7, 11) is 0. The van der Waals surface area contributed by atoms with Gasteiger partial charge in [-0.3, -0.25) is 9.89 Å². The number of para-hydroxylation sites is 1. The molecule has 0 fully saturated rings. The number of H-pyrrole nitrogens is 1. The molecular weight excluding hydrogens is 376 g/mol. The number of nitriles is 1. The summed E-state index contributed by atoms with van der Waals surface area (Å²) in [6.45, 7) is 7.84. The molecule has 0 radical (unpaired) electrons. The molecule has 0 aliphatic carbocycles. The fourth-order valence-electron chi connectivity index (χ4n) is 3.24.